The minimum absolute atomic E-state index is 0.352. The van der Waals surface area contributed by atoms with Gasteiger partial charge in [-0.25, -0.2) is 8.42 Å². The number of allylic oxidation sites excluding steroid dienone is 1. The van der Waals surface area contributed by atoms with Crippen LogP contribution in [0, 0.1) is 17.8 Å². The molecule has 80 valence electrons. The fourth-order valence-corrected chi connectivity index (χ4v) is 6.18. The molecule has 1 aliphatic carbocycles. The van der Waals surface area contributed by atoms with Gasteiger partial charge in [-0.3, -0.25) is 0 Å². The first kappa shape index (κ1) is 10.6. The van der Waals surface area contributed by atoms with Gasteiger partial charge in [0.1, 0.15) is 0 Å². The van der Waals surface area contributed by atoms with Gasteiger partial charge in [0.15, 0.2) is 0 Å². The Labute approximate surface area is 89.5 Å². The summed E-state index contributed by atoms with van der Waals surface area (Å²) in [7, 11) is -1.67. The first-order valence-corrected chi connectivity index (χ1v) is 8.18. The molecule has 3 atom stereocenters. The molecule has 1 aliphatic heterocycles. The Hall–Kier alpha value is 0.0400. The molecule has 4 heteroatoms. The lowest BCUT2D eigenvalue weighted by atomic mass is 9.74. The first-order chi connectivity index (χ1) is 6.48. The third-order valence-electron chi connectivity index (χ3n) is 3.42. The molecule has 1 heterocycles. The van der Waals surface area contributed by atoms with E-state index in [1.54, 1.807) is 0 Å². The van der Waals surface area contributed by atoms with Crippen LogP contribution in [-0.2, 0) is 8.87 Å². The van der Waals surface area contributed by atoms with Crippen LogP contribution >= 0.6 is 10.8 Å². The van der Waals surface area contributed by atoms with Crippen molar-refractivity contribution in [3.05, 3.63) is 12.2 Å². The van der Waals surface area contributed by atoms with E-state index >= 15 is 0 Å². The van der Waals surface area contributed by atoms with Crippen LogP contribution in [0.3, 0.4) is 0 Å². The van der Waals surface area contributed by atoms with Crippen molar-refractivity contribution in [1.29, 1.82) is 0 Å². The van der Waals surface area contributed by atoms with Gasteiger partial charge in [-0.15, -0.1) is 0 Å². The Morgan fingerprint density at radius 1 is 1.43 bits per heavy atom. The molecule has 0 radical (unpaired) electrons. The summed E-state index contributed by atoms with van der Waals surface area (Å²) in [4.78, 5) is 0. The fourth-order valence-electron chi connectivity index (χ4n) is 2.42. The van der Waals surface area contributed by atoms with Crippen molar-refractivity contribution < 1.29 is 8.42 Å². The Morgan fingerprint density at radius 2 is 2.14 bits per heavy atom. The Morgan fingerprint density at radius 3 is 2.86 bits per heavy atom. The van der Waals surface area contributed by atoms with Gasteiger partial charge in [-0.2, -0.15) is 0 Å². The van der Waals surface area contributed by atoms with Crippen molar-refractivity contribution in [2.24, 2.45) is 17.8 Å². The molecular formula is C10H16O2S2. The van der Waals surface area contributed by atoms with E-state index in [2.05, 4.69) is 13.5 Å². The van der Waals surface area contributed by atoms with Crippen LogP contribution < -0.4 is 0 Å². The van der Waals surface area contributed by atoms with Crippen LogP contribution in [0.25, 0.3) is 0 Å². The van der Waals surface area contributed by atoms with Crippen LogP contribution in [0.4, 0.5) is 0 Å². The molecular weight excluding hydrogens is 216 g/mol. The van der Waals surface area contributed by atoms with Gasteiger partial charge >= 0.3 is 0 Å². The highest BCUT2D eigenvalue weighted by molar-refractivity contribution is 8.72. The van der Waals surface area contributed by atoms with Crippen molar-refractivity contribution in [3.63, 3.8) is 0 Å². The minimum atomic E-state index is -2.82. The molecule has 2 fully saturated rings. The number of fused-ring (bicyclic) bond motifs is 1. The van der Waals surface area contributed by atoms with Crippen LogP contribution in [0.5, 0.6) is 0 Å². The third-order valence-corrected chi connectivity index (χ3v) is 7.08. The maximum Gasteiger partial charge on any atom is 0.201 e. The van der Waals surface area contributed by atoms with Crippen molar-refractivity contribution in [3.8, 4) is 0 Å². The lowest BCUT2D eigenvalue weighted by Gasteiger charge is -2.38. The van der Waals surface area contributed by atoms with E-state index in [4.69, 9.17) is 0 Å². The topological polar surface area (TPSA) is 34.1 Å². The zero-order valence-corrected chi connectivity index (χ0v) is 10.0. The van der Waals surface area contributed by atoms with Gasteiger partial charge in [-0.1, -0.05) is 19.1 Å². The molecule has 0 spiro atoms. The van der Waals surface area contributed by atoms with Crippen LogP contribution in [-0.4, -0.2) is 19.9 Å². The Bertz CT molecular complexity index is 345. The highest BCUT2D eigenvalue weighted by Crippen LogP contribution is 2.43. The lowest BCUT2D eigenvalue weighted by molar-refractivity contribution is 0.282. The normalized spacial score (nSPS) is 41.8. The average molecular weight is 232 g/mol. The maximum absolute atomic E-state index is 11.4. The molecule has 0 N–H and O–H groups in total. The predicted octanol–water partition coefficient (Wildman–Crippen LogP) is 2.28. The van der Waals surface area contributed by atoms with Crippen molar-refractivity contribution >= 4 is 19.7 Å². The predicted molar refractivity (Wildman–Crippen MR) is 60.8 cm³/mol. The number of hydrogen-bond donors (Lipinski definition) is 0. The number of rotatable bonds is 0. The zero-order chi connectivity index (χ0) is 10.3. The summed E-state index contributed by atoms with van der Waals surface area (Å²) in [6.45, 7) is 6.23. The van der Waals surface area contributed by atoms with Gasteiger partial charge in [0.05, 0.1) is 5.75 Å². The largest absolute Gasteiger partial charge is 0.217 e. The molecule has 2 aliphatic rings. The SMILES string of the molecule is C=C1CC2CS(=O)(=O)SCC2C[C@@H]1C. The summed E-state index contributed by atoms with van der Waals surface area (Å²) < 4.78 is 22.9. The van der Waals surface area contributed by atoms with Gasteiger partial charge in [-0.05, 0) is 41.4 Å². The van der Waals surface area contributed by atoms with E-state index in [9.17, 15) is 8.42 Å². The average Bonchev–Trinajstić information content (AvgIpc) is 2.07. The van der Waals surface area contributed by atoms with Crippen molar-refractivity contribution in [2.45, 2.75) is 19.8 Å². The summed E-state index contributed by atoms with van der Waals surface area (Å²) in [5, 5.41) is 0. The molecule has 1 saturated heterocycles. The summed E-state index contributed by atoms with van der Waals surface area (Å²) in [5.74, 6) is 2.70. The Balaban J connectivity index is 2.13. The zero-order valence-electron chi connectivity index (χ0n) is 8.40. The summed E-state index contributed by atoms with van der Waals surface area (Å²) >= 11 is 0. The van der Waals surface area contributed by atoms with E-state index in [0.29, 0.717) is 23.5 Å². The van der Waals surface area contributed by atoms with Crippen LogP contribution in [0.1, 0.15) is 19.8 Å². The summed E-state index contributed by atoms with van der Waals surface area (Å²) in [6.07, 6.45) is 2.05. The van der Waals surface area contributed by atoms with Crippen molar-refractivity contribution in [2.75, 3.05) is 11.5 Å². The fraction of sp³-hybridized carbons (Fsp3) is 0.800. The lowest BCUT2D eigenvalue weighted by Crippen LogP contribution is -2.35. The molecule has 0 aromatic carbocycles. The second kappa shape index (κ2) is 3.56. The Kier molecular flexibility index (Phi) is 2.68. The third kappa shape index (κ3) is 2.01. The first-order valence-electron chi connectivity index (χ1n) is 5.03. The van der Waals surface area contributed by atoms with E-state index in [1.165, 1.54) is 5.57 Å². The molecule has 2 unspecified atom stereocenters. The summed E-state index contributed by atoms with van der Waals surface area (Å²) in [6, 6.07) is 0. The van der Waals surface area contributed by atoms with Crippen molar-refractivity contribution in [1.82, 2.24) is 0 Å². The quantitative estimate of drug-likeness (QED) is 0.474. The summed E-state index contributed by atoms with van der Waals surface area (Å²) in [5.41, 5.74) is 1.24. The monoisotopic (exact) mass is 232 g/mol. The van der Waals surface area contributed by atoms with Crippen LogP contribution in [0.2, 0.25) is 0 Å². The standard InChI is InChI=1S/C10H16O2S2/c1-7-3-9-5-13-14(11,12)6-10(9)4-8(7)2/h7,9-10H,2-6H2,1H3/t7-,9?,10?/m0/s1. The number of hydrogen-bond acceptors (Lipinski definition) is 3. The van der Waals surface area contributed by atoms with E-state index in [1.807, 2.05) is 0 Å². The molecule has 2 rings (SSSR count). The smallest absolute Gasteiger partial charge is 0.201 e. The second-order valence-electron chi connectivity index (χ2n) is 4.53. The van der Waals surface area contributed by atoms with Gasteiger partial charge in [0.2, 0.25) is 8.87 Å². The highest BCUT2D eigenvalue weighted by Gasteiger charge is 2.38. The molecule has 2 nitrogen and oxygen atoms in total. The molecule has 0 aromatic rings. The van der Waals surface area contributed by atoms with E-state index < -0.39 is 8.87 Å². The molecule has 0 amide bonds. The minimum Gasteiger partial charge on any atom is -0.217 e. The van der Waals surface area contributed by atoms with Gasteiger partial charge in [0.25, 0.3) is 0 Å². The van der Waals surface area contributed by atoms with E-state index in [0.717, 1.165) is 29.4 Å². The molecule has 1 saturated carbocycles. The molecule has 0 aromatic heterocycles. The van der Waals surface area contributed by atoms with Gasteiger partial charge in [0, 0.05) is 5.75 Å². The van der Waals surface area contributed by atoms with Gasteiger partial charge < -0.3 is 0 Å². The highest BCUT2D eigenvalue weighted by atomic mass is 33.1. The second-order valence-corrected chi connectivity index (χ2v) is 8.78. The van der Waals surface area contributed by atoms with E-state index in [-0.39, 0.29) is 0 Å². The molecule has 14 heavy (non-hydrogen) atoms. The maximum atomic E-state index is 11.4. The van der Waals surface area contributed by atoms with Crippen LogP contribution in [0.15, 0.2) is 12.2 Å². The molecule has 0 bridgehead atoms.